The maximum atomic E-state index is 12.1. The van der Waals surface area contributed by atoms with Crippen molar-refractivity contribution in [1.29, 1.82) is 0 Å². The molecule has 6 heteroatoms. The molecule has 19 heavy (non-hydrogen) atoms. The van der Waals surface area contributed by atoms with E-state index in [0.717, 1.165) is 6.42 Å². The Morgan fingerprint density at radius 2 is 2.26 bits per heavy atom. The molecule has 1 atom stereocenters. The molecule has 1 saturated carbocycles. The van der Waals surface area contributed by atoms with Crippen molar-refractivity contribution in [1.82, 2.24) is 5.32 Å². The summed E-state index contributed by atoms with van der Waals surface area (Å²) in [5.74, 6) is 0.243. The van der Waals surface area contributed by atoms with Crippen LogP contribution in [0.3, 0.4) is 0 Å². The van der Waals surface area contributed by atoms with E-state index in [1.165, 1.54) is 31.0 Å². The Labute approximate surface area is 116 Å². The number of amides is 1. The lowest BCUT2D eigenvalue weighted by atomic mass is 10.1. The minimum atomic E-state index is -0.622. The number of halogens is 1. The zero-order valence-corrected chi connectivity index (χ0v) is 11.3. The van der Waals surface area contributed by atoms with Crippen molar-refractivity contribution < 1.29 is 9.72 Å². The molecule has 1 aromatic rings. The van der Waals surface area contributed by atoms with E-state index >= 15 is 0 Å². The minimum absolute atomic E-state index is 0.0126. The quantitative estimate of drug-likeness (QED) is 0.666. The lowest BCUT2D eigenvalue weighted by molar-refractivity contribution is -0.385. The monoisotopic (exact) mass is 282 g/mol. The first-order valence-electron chi connectivity index (χ1n) is 6.22. The van der Waals surface area contributed by atoms with Gasteiger partial charge in [0, 0.05) is 6.04 Å². The van der Waals surface area contributed by atoms with Crippen LogP contribution < -0.4 is 5.32 Å². The van der Waals surface area contributed by atoms with E-state index in [2.05, 4.69) is 5.32 Å². The highest BCUT2D eigenvalue weighted by molar-refractivity contribution is 6.33. The molecule has 0 bridgehead atoms. The number of nitrogens with zero attached hydrogens (tertiary/aromatic N) is 1. The van der Waals surface area contributed by atoms with E-state index < -0.39 is 10.8 Å². The number of carbonyl (C=O) groups is 1. The summed E-state index contributed by atoms with van der Waals surface area (Å²) in [6.45, 7) is 1.91. The van der Waals surface area contributed by atoms with Gasteiger partial charge in [-0.05, 0) is 31.4 Å². The molecular formula is C13H15ClN2O3. The Morgan fingerprint density at radius 1 is 1.58 bits per heavy atom. The van der Waals surface area contributed by atoms with Crippen LogP contribution in [0.1, 0.15) is 36.5 Å². The number of rotatable bonds is 5. The number of nitro benzene ring substituents is 1. The molecule has 1 fully saturated rings. The molecule has 0 saturated heterocycles. The molecule has 2 rings (SSSR count). The number of hydrogen-bond acceptors (Lipinski definition) is 3. The van der Waals surface area contributed by atoms with Crippen LogP contribution in [-0.4, -0.2) is 16.9 Å². The number of para-hydroxylation sites is 1. The van der Waals surface area contributed by atoms with Crippen LogP contribution in [-0.2, 0) is 0 Å². The van der Waals surface area contributed by atoms with Crippen LogP contribution in [0.2, 0.25) is 5.02 Å². The molecule has 1 aliphatic rings. The molecule has 1 aromatic carbocycles. The Bertz CT molecular complexity index is 515. The van der Waals surface area contributed by atoms with Crippen molar-refractivity contribution in [2.45, 2.75) is 32.2 Å². The van der Waals surface area contributed by atoms with Gasteiger partial charge in [-0.3, -0.25) is 14.9 Å². The van der Waals surface area contributed by atoms with Crippen molar-refractivity contribution in [3.05, 3.63) is 38.9 Å². The van der Waals surface area contributed by atoms with Crippen LogP contribution in [0.25, 0.3) is 0 Å². The van der Waals surface area contributed by atoms with Gasteiger partial charge >= 0.3 is 5.69 Å². The van der Waals surface area contributed by atoms with Gasteiger partial charge in [-0.2, -0.15) is 0 Å². The Hall–Kier alpha value is -1.62. The Balaban J connectivity index is 2.13. The average molecular weight is 283 g/mol. The van der Waals surface area contributed by atoms with E-state index in [9.17, 15) is 14.9 Å². The van der Waals surface area contributed by atoms with Crippen LogP contribution in [0.4, 0.5) is 5.69 Å². The van der Waals surface area contributed by atoms with E-state index in [1.807, 2.05) is 6.92 Å². The van der Waals surface area contributed by atoms with Crippen molar-refractivity contribution >= 4 is 23.2 Å². The van der Waals surface area contributed by atoms with Gasteiger partial charge in [0.05, 0.1) is 4.92 Å². The molecule has 1 aliphatic carbocycles. The summed E-state index contributed by atoms with van der Waals surface area (Å²) >= 11 is 5.78. The molecule has 102 valence electrons. The Morgan fingerprint density at radius 3 is 2.84 bits per heavy atom. The molecule has 0 spiro atoms. The van der Waals surface area contributed by atoms with Gasteiger partial charge in [0.2, 0.25) is 0 Å². The first-order chi connectivity index (χ1) is 8.99. The largest absolute Gasteiger partial charge is 0.349 e. The van der Waals surface area contributed by atoms with Crippen LogP contribution >= 0.6 is 11.6 Å². The maximum absolute atomic E-state index is 12.1. The molecule has 1 N–H and O–H groups in total. The zero-order chi connectivity index (χ0) is 14.0. The fraction of sp³-hybridized carbons (Fsp3) is 0.462. The summed E-state index contributed by atoms with van der Waals surface area (Å²) < 4.78 is 0. The lowest BCUT2D eigenvalue weighted by Gasteiger charge is -2.13. The zero-order valence-electron chi connectivity index (χ0n) is 10.6. The van der Waals surface area contributed by atoms with E-state index in [1.54, 1.807) is 0 Å². The molecule has 5 nitrogen and oxygen atoms in total. The summed E-state index contributed by atoms with van der Waals surface area (Å²) in [6.07, 6.45) is 3.33. The second-order valence-corrected chi connectivity index (χ2v) is 5.35. The predicted octanol–water partition coefficient (Wildman–Crippen LogP) is 3.17. The number of carbonyl (C=O) groups excluding carboxylic acids is 1. The van der Waals surface area contributed by atoms with Gasteiger partial charge in [-0.1, -0.05) is 30.5 Å². The highest BCUT2D eigenvalue weighted by Gasteiger charge is 2.27. The molecule has 0 heterocycles. The fourth-order valence-electron chi connectivity index (χ4n) is 2.10. The highest BCUT2D eigenvalue weighted by atomic mass is 35.5. The third-order valence-corrected chi connectivity index (χ3v) is 3.48. The van der Waals surface area contributed by atoms with E-state index in [-0.39, 0.29) is 22.3 Å². The van der Waals surface area contributed by atoms with Crippen LogP contribution in [0.5, 0.6) is 0 Å². The average Bonchev–Trinajstić information content (AvgIpc) is 3.11. The summed E-state index contributed by atoms with van der Waals surface area (Å²) in [7, 11) is 0. The van der Waals surface area contributed by atoms with Gasteiger partial charge in [0.1, 0.15) is 10.6 Å². The van der Waals surface area contributed by atoms with Gasteiger partial charge in [0.25, 0.3) is 5.91 Å². The third-order valence-electron chi connectivity index (χ3n) is 3.18. The van der Waals surface area contributed by atoms with Crippen LogP contribution in [0, 0.1) is 16.0 Å². The van der Waals surface area contributed by atoms with Gasteiger partial charge in [-0.15, -0.1) is 0 Å². The molecule has 0 aliphatic heterocycles. The summed E-state index contributed by atoms with van der Waals surface area (Å²) in [5, 5.41) is 13.7. The standard InChI is InChI=1S/C13H15ClN2O3/c1-8(7-9-5-6-9)15-13(17)10-3-2-4-11(14)12(10)16(18)19/h2-4,8-9H,5-7H2,1H3,(H,15,17). The Kier molecular flexibility index (Phi) is 4.04. The summed E-state index contributed by atoms with van der Waals surface area (Å²) in [4.78, 5) is 22.4. The normalized spacial score (nSPS) is 15.9. The smallest absolute Gasteiger partial charge is 0.300 e. The van der Waals surface area contributed by atoms with Crippen molar-refractivity contribution in [3.8, 4) is 0 Å². The van der Waals surface area contributed by atoms with Crippen molar-refractivity contribution in [2.75, 3.05) is 0 Å². The SMILES string of the molecule is CC(CC1CC1)NC(=O)c1cccc(Cl)c1[N+](=O)[O-]. The first-order valence-corrected chi connectivity index (χ1v) is 6.60. The maximum Gasteiger partial charge on any atom is 0.300 e. The molecule has 0 radical (unpaired) electrons. The van der Waals surface area contributed by atoms with E-state index in [0.29, 0.717) is 5.92 Å². The predicted molar refractivity (Wildman–Crippen MR) is 72.4 cm³/mol. The molecule has 0 aromatic heterocycles. The van der Waals surface area contributed by atoms with Crippen molar-refractivity contribution in [2.24, 2.45) is 5.92 Å². The third kappa shape index (κ3) is 3.44. The summed E-state index contributed by atoms with van der Waals surface area (Å²) in [6, 6.07) is 4.38. The minimum Gasteiger partial charge on any atom is -0.349 e. The molecule has 1 unspecified atom stereocenters. The van der Waals surface area contributed by atoms with Crippen molar-refractivity contribution in [3.63, 3.8) is 0 Å². The number of nitrogens with one attached hydrogen (secondary N) is 1. The van der Waals surface area contributed by atoms with E-state index in [4.69, 9.17) is 11.6 Å². The number of nitro groups is 1. The molecular weight excluding hydrogens is 268 g/mol. The van der Waals surface area contributed by atoms with Crippen LogP contribution in [0.15, 0.2) is 18.2 Å². The topological polar surface area (TPSA) is 72.2 Å². The van der Waals surface area contributed by atoms with Gasteiger partial charge in [0.15, 0.2) is 0 Å². The second-order valence-electron chi connectivity index (χ2n) is 4.95. The van der Waals surface area contributed by atoms with Gasteiger partial charge < -0.3 is 5.32 Å². The molecule has 1 amide bonds. The second kappa shape index (κ2) is 5.57. The summed E-state index contributed by atoms with van der Waals surface area (Å²) in [5.41, 5.74) is -0.319. The number of hydrogen-bond donors (Lipinski definition) is 1. The number of benzene rings is 1. The first kappa shape index (κ1) is 13.8. The van der Waals surface area contributed by atoms with Gasteiger partial charge in [-0.25, -0.2) is 0 Å². The fourth-order valence-corrected chi connectivity index (χ4v) is 2.34. The lowest BCUT2D eigenvalue weighted by Crippen LogP contribution is -2.33. The highest BCUT2D eigenvalue weighted by Crippen LogP contribution is 2.33.